The number of pyridine rings is 1. The van der Waals surface area contributed by atoms with Crippen molar-refractivity contribution >= 4 is 22.9 Å². The van der Waals surface area contributed by atoms with Crippen LogP contribution in [0.5, 0.6) is 0 Å². The number of rotatable bonds is 3. The van der Waals surface area contributed by atoms with Crippen LogP contribution in [0.3, 0.4) is 0 Å². The third-order valence-electron chi connectivity index (χ3n) is 1.65. The molecule has 0 saturated heterocycles. The summed E-state index contributed by atoms with van der Waals surface area (Å²) in [5, 5.41) is 9.53. The van der Waals surface area contributed by atoms with Crippen molar-refractivity contribution in [1.82, 2.24) is 15.0 Å². The smallest absolute Gasteiger partial charge is 0.179 e. The lowest BCUT2D eigenvalue weighted by Crippen LogP contribution is -1.90. The summed E-state index contributed by atoms with van der Waals surface area (Å²) in [6.45, 7) is 0.158. The lowest BCUT2D eigenvalue weighted by Gasteiger charge is -1.99. The number of nitrogens with zero attached hydrogens (tertiary/aromatic N) is 3. The van der Waals surface area contributed by atoms with Gasteiger partial charge in [0, 0.05) is 18.1 Å². The van der Waals surface area contributed by atoms with Crippen LogP contribution in [0, 0.1) is 0 Å². The molecule has 0 aromatic carbocycles. The molecule has 2 heterocycles. The first-order chi connectivity index (χ1) is 6.90. The first-order valence-electron chi connectivity index (χ1n) is 4.21. The maximum absolute atomic E-state index is 8.66. The van der Waals surface area contributed by atoms with E-state index in [9.17, 15) is 0 Å². The van der Waals surface area contributed by atoms with Gasteiger partial charge in [-0.05, 0) is 12.1 Å². The fourth-order valence-electron chi connectivity index (χ4n) is 1.07. The number of aliphatic hydroxyl groups excluding tert-OH is 1. The number of hydrogen-bond acceptors (Lipinski definition) is 5. The minimum atomic E-state index is 0.158. The quantitative estimate of drug-likeness (QED) is 0.764. The number of aliphatic hydroxyl groups is 1. The topological polar surface area (TPSA) is 58.9 Å². The Hall–Kier alpha value is -1.20. The van der Waals surface area contributed by atoms with Gasteiger partial charge in [-0.2, -0.15) is 0 Å². The molecule has 0 bridgehead atoms. The minimum Gasteiger partial charge on any atom is -0.396 e. The van der Waals surface area contributed by atoms with Crippen molar-refractivity contribution in [2.45, 2.75) is 5.03 Å². The second-order valence-electron chi connectivity index (χ2n) is 2.62. The van der Waals surface area contributed by atoms with Crippen molar-refractivity contribution in [1.29, 1.82) is 0 Å². The molecule has 0 amide bonds. The van der Waals surface area contributed by atoms with E-state index >= 15 is 0 Å². The summed E-state index contributed by atoms with van der Waals surface area (Å²) >= 11 is 1.51. The van der Waals surface area contributed by atoms with Gasteiger partial charge in [0.1, 0.15) is 5.52 Å². The molecule has 14 heavy (non-hydrogen) atoms. The van der Waals surface area contributed by atoms with Crippen LogP contribution in [-0.4, -0.2) is 32.4 Å². The lowest BCUT2D eigenvalue weighted by atomic mass is 10.4. The molecular formula is C9H9N3OS. The lowest BCUT2D eigenvalue weighted by molar-refractivity contribution is 0.322. The van der Waals surface area contributed by atoms with Gasteiger partial charge in [-0.1, -0.05) is 0 Å². The summed E-state index contributed by atoms with van der Waals surface area (Å²) in [4.78, 5) is 12.5. The molecule has 5 heteroatoms. The summed E-state index contributed by atoms with van der Waals surface area (Å²) in [5.41, 5.74) is 1.44. The van der Waals surface area contributed by atoms with Gasteiger partial charge in [0.15, 0.2) is 5.65 Å². The SMILES string of the molecule is OCCSc1ccc2nccnc2n1. The van der Waals surface area contributed by atoms with Crippen LogP contribution < -0.4 is 0 Å². The Morgan fingerprint density at radius 2 is 2.07 bits per heavy atom. The van der Waals surface area contributed by atoms with Gasteiger partial charge < -0.3 is 5.11 Å². The van der Waals surface area contributed by atoms with E-state index in [4.69, 9.17) is 5.11 Å². The second kappa shape index (κ2) is 4.34. The summed E-state index contributed by atoms with van der Waals surface area (Å²) in [6.07, 6.45) is 3.26. The zero-order chi connectivity index (χ0) is 9.80. The predicted molar refractivity (Wildman–Crippen MR) is 55.1 cm³/mol. The zero-order valence-corrected chi connectivity index (χ0v) is 8.24. The van der Waals surface area contributed by atoms with E-state index in [1.807, 2.05) is 12.1 Å². The van der Waals surface area contributed by atoms with Crippen molar-refractivity contribution in [3.8, 4) is 0 Å². The number of thioether (sulfide) groups is 1. The molecule has 72 valence electrons. The van der Waals surface area contributed by atoms with Crippen molar-refractivity contribution in [2.75, 3.05) is 12.4 Å². The van der Waals surface area contributed by atoms with Gasteiger partial charge in [-0.25, -0.2) is 9.97 Å². The maximum Gasteiger partial charge on any atom is 0.179 e. The summed E-state index contributed by atoms with van der Waals surface area (Å²) in [5.74, 6) is 0.652. The number of aromatic nitrogens is 3. The van der Waals surface area contributed by atoms with E-state index in [-0.39, 0.29) is 6.61 Å². The van der Waals surface area contributed by atoms with E-state index in [1.165, 1.54) is 11.8 Å². The molecule has 0 saturated carbocycles. The third kappa shape index (κ3) is 2.00. The Labute approximate surface area is 85.4 Å². The third-order valence-corrected chi connectivity index (χ3v) is 2.56. The molecule has 0 aliphatic rings. The van der Waals surface area contributed by atoms with Gasteiger partial charge >= 0.3 is 0 Å². The molecule has 0 aliphatic carbocycles. The monoisotopic (exact) mass is 207 g/mol. The molecule has 1 N–H and O–H groups in total. The molecule has 2 aromatic heterocycles. The van der Waals surface area contributed by atoms with Crippen molar-refractivity contribution in [2.24, 2.45) is 0 Å². The predicted octanol–water partition coefficient (Wildman–Crippen LogP) is 1.11. The van der Waals surface area contributed by atoms with E-state index in [1.54, 1.807) is 12.4 Å². The summed E-state index contributed by atoms with van der Waals surface area (Å²) < 4.78 is 0. The van der Waals surface area contributed by atoms with Crippen LogP contribution in [0.1, 0.15) is 0 Å². The summed E-state index contributed by atoms with van der Waals surface area (Å²) in [6, 6.07) is 3.77. The normalized spacial score (nSPS) is 10.6. The largest absolute Gasteiger partial charge is 0.396 e. The highest BCUT2D eigenvalue weighted by atomic mass is 32.2. The molecule has 0 unspecified atom stereocenters. The van der Waals surface area contributed by atoms with Crippen molar-refractivity contribution in [3.63, 3.8) is 0 Å². The van der Waals surface area contributed by atoms with Crippen LogP contribution in [0.2, 0.25) is 0 Å². The Morgan fingerprint density at radius 3 is 2.93 bits per heavy atom. The fraction of sp³-hybridized carbons (Fsp3) is 0.222. The molecule has 4 nitrogen and oxygen atoms in total. The van der Waals surface area contributed by atoms with E-state index in [0.29, 0.717) is 11.4 Å². The van der Waals surface area contributed by atoms with Gasteiger partial charge in [0.2, 0.25) is 0 Å². The molecule has 0 atom stereocenters. The van der Waals surface area contributed by atoms with E-state index < -0.39 is 0 Å². The van der Waals surface area contributed by atoms with Crippen LogP contribution in [0.15, 0.2) is 29.6 Å². The van der Waals surface area contributed by atoms with Crippen LogP contribution in [-0.2, 0) is 0 Å². The molecule has 0 radical (unpaired) electrons. The highest BCUT2D eigenvalue weighted by Crippen LogP contribution is 2.16. The highest BCUT2D eigenvalue weighted by Gasteiger charge is 1.99. The first-order valence-corrected chi connectivity index (χ1v) is 5.20. The molecular weight excluding hydrogens is 198 g/mol. The summed E-state index contributed by atoms with van der Waals surface area (Å²) in [7, 11) is 0. The fourth-order valence-corrected chi connectivity index (χ4v) is 1.68. The Morgan fingerprint density at radius 1 is 1.21 bits per heavy atom. The van der Waals surface area contributed by atoms with Crippen molar-refractivity contribution in [3.05, 3.63) is 24.5 Å². The standard InChI is InChI=1S/C9H9N3OS/c13-5-6-14-8-2-1-7-9(12-8)11-4-3-10-7/h1-4,13H,5-6H2. The number of hydrogen-bond donors (Lipinski definition) is 1. The Kier molecular flexibility index (Phi) is 2.90. The highest BCUT2D eigenvalue weighted by molar-refractivity contribution is 7.99. The van der Waals surface area contributed by atoms with Gasteiger partial charge in [0.05, 0.1) is 11.6 Å². The molecule has 0 spiro atoms. The second-order valence-corrected chi connectivity index (χ2v) is 3.74. The molecule has 2 aromatic rings. The van der Waals surface area contributed by atoms with Crippen LogP contribution in [0.25, 0.3) is 11.2 Å². The van der Waals surface area contributed by atoms with Gasteiger partial charge in [-0.3, -0.25) is 4.98 Å². The molecule has 0 fully saturated rings. The zero-order valence-electron chi connectivity index (χ0n) is 7.42. The van der Waals surface area contributed by atoms with Crippen molar-refractivity contribution < 1.29 is 5.11 Å². The first kappa shape index (κ1) is 9.36. The maximum atomic E-state index is 8.66. The average molecular weight is 207 g/mol. The van der Waals surface area contributed by atoms with E-state index in [0.717, 1.165) is 10.5 Å². The Bertz CT molecular complexity index is 435. The Balaban J connectivity index is 2.32. The average Bonchev–Trinajstić information content (AvgIpc) is 2.26. The van der Waals surface area contributed by atoms with Crippen LogP contribution >= 0.6 is 11.8 Å². The molecule has 2 rings (SSSR count). The molecule has 0 aliphatic heterocycles. The van der Waals surface area contributed by atoms with Crippen LogP contribution in [0.4, 0.5) is 0 Å². The van der Waals surface area contributed by atoms with E-state index in [2.05, 4.69) is 15.0 Å². The van der Waals surface area contributed by atoms with Gasteiger partial charge in [-0.15, -0.1) is 11.8 Å². The number of fused-ring (bicyclic) bond motifs is 1. The minimum absolute atomic E-state index is 0.158. The van der Waals surface area contributed by atoms with Gasteiger partial charge in [0.25, 0.3) is 0 Å².